The molecule has 0 atom stereocenters. The van der Waals surface area contributed by atoms with Crippen molar-refractivity contribution in [3.8, 4) is 5.69 Å². The number of hydrogen-bond donors (Lipinski definition) is 0. The fourth-order valence-electron chi connectivity index (χ4n) is 0.867. The molecule has 6 heteroatoms. The normalized spacial score (nSPS) is 10.4. The quantitative estimate of drug-likeness (QED) is 0.690. The Morgan fingerprint density at radius 3 is 3.17 bits per heavy atom. The van der Waals surface area contributed by atoms with Gasteiger partial charge in [-0.05, 0) is 21.9 Å². The Morgan fingerprint density at radius 1 is 1.58 bits per heavy atom. The molecule has 2 heterocycles. The Bertz CT molecular complexity index is 355. The lowest BCUT2D eigenvalue weighted by Gasteiger charge is -1.95. The van der Waals surface area contributed by atoms with Crippen molar-refractivity contribution in [2.75, 3.05) is 0 Å². The van der Waals surface area contributed by atoms with Crippen molar-refractivity contribution in [3.63, 3.8) is 0 Å². The summed E-state index contributed by atoms with van der Waals surface area (Å²) in [5.74, 6) is 0.984. The van der Waals surface area contributed by atoms with Crippen molar-refractivity contribution >= 4 is 22.9 Å². The van der Waals surface area contributed by atoms with Crippen molar-refractivity contribution < 1.29 is 0 Å². The van der Waals surface area contributed by atoms with Gasteiger partial charge in [-0.15, -0.1) is 16.7 Å². The highest BCUT2D eigenvalue weighted by molar-refractivity contribution is 7.08. The van der Waals surface area contributed by atoms with Crippen LogP contribution in [0.5, 0.6) is 0 Å². The van der Waals surface area contributed by atoms with E-state index in [0.717, 1.165) is 5.69 Å². The van der Waals surface area contributed by atoms with E-state index in [4.69, 9.17) is 11.6 Å². The summed E-state index contributed by atoms with van der Waals surface area (Å²) in [6.07, 6.45) is 0. The standard InChI is InChI=1S/C6H5ClN4S/c7-3-6-8-9-10-11(6)5-1-2-12-4-5/h1-2,4H,3H2. The summed E-state index contributed by atoms with van der Waals surface area (Å²) in [7, 11) is 0. The Labute approximate surface area is 77.8 Å². The van der Waals surface area contributed by atoms with Crippen LogP contribution >= 0.6 is 22.9 Å². The first-order chi connectivity index (χ1) is 5.92. The van der Waals surface area contributed by atoms with Crippen LogP contribution in [0.15, 0.2) is 16.8 Å². The third kappa shape index (κ3) is 1.21. The number of nitrogens with zero attached hydrogens (tertiary/aromatic N) is 4. The highest BCUT2D eigenvalue weighted by atomic mass is 35.5. The van der Waals surface area contributed by atoms with Crippen molar-refractivity contribution in [2.45, 2.75) is 5.88 Å². The molecule has 0 saturated carbocycles. The highest BCUT2D eigenvalue weighted by Gasteiger charge is 2.05. The van der Waals surface area contributed by atoms with Crippen LogP contribution in [0.3, 0.4) is 0 Å². The van der Waals surface area contributed by atoms with Gasteiger partial charge in [0.2, 0.25) is 0 Å². The number of rotatable bonds is 2. The molecule has 0 fully saturated rings. The van der Waals surface area contributed by atoms with Gasteiger partial charge in [-0.1, -0.05) is 0 Å². The Balaban J connectivity index is 2.46. The van der Waals surface area contributed by atoms with Crippen molar-refractivity contribution in [2.24, 2.45) is 0 Å². The predicted octanol–water partition coefficient (Wildman–Crippen LogP) is 1.46. The number of hydrogen-bond acceptors (Lipinski definition) is 4. The zero-order chi connectivity index (χ0) is 8.39. The SMILES string of the molecule is ClCc1nnnn1-c1ccsc1. The number of alkyl halides is 1. The van der Waals surface area contributed by atoms with Crippen molar-refractivity contribution in [1.82, 2.24) is 20.2 Å². The number of thiophene rings is 1. The molecular formula is C6H5ClN4S. The summed E-state index contributed by atoms with van der Waals surface area (Å²) < 4.78 is 1.63. The molecule has 0 aliphatic carbocycles. The van der Waals surface area contributed by atoms with Crippen molar-refractivity contribution in [1.29, 1.82) is 0 Å². The average Bonchev–Trinajstić information content (AvgIpc) is 2.74. The largest absolute Gasteiger partial charge is 0.195 e. The smallest absolute Gasteiger partial charge is 0.171 e. The first-order valence-electron chi connectivity index (χ1n) is 3.27. The first-order valence-corrected chi connectivity index (χ1v) is 4.75. The monoisotopic (exact) mass is 200 g/mol. The fourth-order valence-corrected chi connectivity index (χ4v) is 1.65. The summed E-state index contributed by atoms with van der Waals surface area (Å²) in [6.45, 7) is 0. The Hall–Kier alpha value is -0.940. The van der Waals surface area contributed by atoms with Crippen molar-refractivity contribution in [3.05, 3.63) is 22.7 Å². The molecule has 0 radical (unpaired) electrons. The van der Waals surface area contributed by atoms with Gasteiger partial charge in [0.15, 0.2) is 5.82 Å². The summed E-state index contributed by atoms with van der Waals surface area (Å²) >= 11 is 7.23. The van der Waals surface area contributed by atoms with Crippen LogP contribution in [-0.2, 0) is 5.88 Å². The molecule has 2 aromatic rings. The zero-order valence-corrected chi connectivity index (χ0v) is 7.59. The molecule has 0 saturated heterocycles. The van der Waals surface area contributed by atoms with E-state index in [1.165, 1.54) is 0 Å². The van der Waals surface area contributed by atoms with E-state index in [9.17, 15) is 0 Å². The lowest BCUT2D eigenvalue weighted by Crippen LogP contribution is -1.99. The van der Waals surface area contributed by atoms with Gasteiger partial charge in [-0.3, -0.25) is 0 Å². The minimum absolute atomic E-state index is 0.322. The molecule has 62 valence electrons. The van der Waals surface area contributed by atoms with E-state index in [-0.39, 0.29) is 0 Å². The van der Waals surface area contributed by atoms with Gasteiger partial charge in [0.05, 0.1) is 11.6 Å². The molecule has 0 aliphatic heterocycles. The van der Waals surface area contributed by atoms with Crippen LogP contribution in [0.2, 0.25) is 0 Å². The molecule has 0 unspecified atom stereocenters. The molecule has 2 rings (SSSR count). The Kier molecular flexibility index (Phi) is 2.05. The maximum Gasteiger partial charge on any atom is 0.171 e. The number of aromatic nitrogens is 4. The van der Waals surface area contributed by atoms with Gasteiger partial charge in [0, 0.05) is 5.38 Å². The maximum absolute atomic E-state index is 5.63. The van der Waals surface area contributed by atoms with E-state index >= 15 is 0 Å². The number of halogens is 1. The minimum Gasteiger partial charge on any atom is -0.195 e. The second-order valence-electron chi connectivity index (χ2n) is 2.12. The fraction of sp³-hybridized carbons (Fsp3) is 0.167. The van der Waals surface area contributed by atoms with Crippen LogP contribution in [0, 0.1) is 0 Å². The Morgan fingerprint density at radius 2 is 2.50 bits per heavy atom. The van der Waals surface area contributed by atoms with Gasteiger partial charge < -0.3 is 0 Å². The molecule has 0 aliphatic rings. The number of tetrazole rings is 1. The van der Waals surface area contributed by atoms with Crippen LogP contribution in [0.25, 0.3) is 5.69 Å². The lowest BCUT2D eigenvalue weighted by molar-refractivity contribution is 0.779. The molecule has 0 amide bonds. The van der Waals surface area contributed by atoms with Gasteiger partial charge in [0.1, 0.15) is 0 Å². The van der Waals surface area contributed by atoms with Crippen LogP contribution in [0.4, 0.5) is 0 Å². The molecule has 2 aromatic heterocycles. The van der Waals surface area contributed by atoms with Crippen LogP contribution in [-0.4, -0.2) is 20.2 Å². The molecule has 0 N–H and O–H groups in total. The lowest BCUT2D eigenvalue weighted by atomic mass is 10.5. The third-order valence-corrected chi connectivity index (χ3v) is 2.31. The highest BCUT2D eigenvalue weighted by Crippen LogP contribution is 2.12. The predicted molar refractivity (Wildman–Crippen MR) is 46.6 cm³/mol. The van der Waals surface area contributed by atoms with Gasteiger partial charge in [0.25, 0.3) is 0 Å². The molecule has 0 bridgehead atoms. The van der Waals surface area contributed by atoms with E-state index in [1.807, 2.05) is 16.8 Å². The molecule has 12 heavy (non-hydrogen) atoms. The molecular weight excluding hydrogens is 196 g/mol. The average molecular weight is 201 g/mol. The maximum atomic E-state index is 5.63. The zero-order valence-electron chi connectivity index (χ0n) is 6.01. The minimum atomic E-state index is 0.322. The summed E-state index contributed by atoms with van der Waals surface area (Å²) in [6, 6.07) is 1.94. The molecule has 4 nitrogen and oxygen atoms in total. The molecule has 0 spiro atoms. The first kappa shape index (κ1) is 7.70. The van der Waals surface area contributed by atoms with E-state index < -0.39 is 0 Å². The van der Waals surface area contributed by atoms with E-state index in [1.54, 1.807) is 16.0 Å². The molecule has 0 aromatic carbocycles. The van der Waals surface area contributed by atoms with E-state index in [0.29, 0.717) is 11.7 Å². The van der Waals surface area contributed by atoms with Gasteiger partial charge in [-0.25, -0.2) is 0 Å². The second-order valence-corrected chi connectivity index (χ2v) is 3.17. The van der Waals surface area contributed by atoms with E-state index in [2.05, 4.69) is 15.5 Å². The van der Waals surface area contributed by atoms with Crippen LogP contribution < -0.4 is 0 Å². The summed E-state index contributed by atoms with van der Waals surface area (Å²) in [5, 5.41) is 15.0. The summed E-state index contributed by atoms with van der Waals surface area (Å²) in [5.41, 5.74) is 0.959. The van der Waals surface area contributed by atoms with Crippen LogP contribution in [0.1, 0.15) is 5.82 Å². The van der Waals surface area contributed by atoms with Gasteiger partial charge >= 0.3 is 0 Å². The third-order valence-electron chi connectivity index (χ3n) is 1.40. The summed E-state index contributed by atoms with van der Waals surface area (Å²) in [4.78, 5) is 0. The van der Waals surface area contributed by atoms with Gasteiger partial charge in [-0.2, -0.15) is 16.0 Å². The second kappa shape index (κ2) is 3.20. The topological polar surface area (TPSA) is 43.6 Å².